The normalized spacial score (nSPS) is 19.3. The molecule has 58 heavy (non-hydrogen) atoms. The number of fused-ring (bicyclic) bond motifs is 2. The average molecular weight is 874 g/mol. The number of allylic oxidation sites excluding steroid dienone is 6. The fraction of sp³-hybridized carbons (Fsp3) is 0.556. The molecule has 0 radical (unpaired) electrons. The average Bonchev–Trinajstić information content (AvgIpc) is 3.47. The van der Waals surface area contributed by atoms with Gasteiger partial charge in [0.2, 0.25) is 5.69 Å². The molecule has 0 aliphatic carbocycles. The van der Waals surface area contributed by atoms with E-state index in [4.69, 9.17) is 0 Å². The van der Waals surface area contributed by atoms with E-state index in [1.54, 1.807) is 18.2 Å². The van der Waals surface area contributed by atoms with Gasteiger partial charge in [0, 0.05) is 59.8 Å². The van der Waals surface area contributed by atoms with E-state index in [0.29, 0.717) is 31.7 Å². The van der Waals surface area contributed by atoms with E-state index in [-0.39, 0.29) is 32.3 Å². The minimum absolute atomic E-state index is 0.000377. The Bertz CT molecular complexity index is 2200. The van der Waals surface area contributed by atoms with Gasteiger partial charge < -0.3 is 4.90 Å². The topological polar surface area (TPSA) is 132 Å². The van der Waals surface area contributed by atoms with Gasteiger partial charge in [-0.1, -0.05) is 72.6 Å². The van der Waals surface area contributed by atoms with Crippen LogP contribution in [-0.4, -0.2) is 66.6 Å². The molecule has 2 aromatic rings. The molecule has 1 unspecified atom stereocenters. The Kier molecular flexibility index (Phi) is 15.3. The number of carbonyl (C=O) groups is 1. The second kappa shape index (κ2) is 18.5. The molecular weight excluding hydrogens is 809 g/mol. The molecule has 2 N–H and O–H groups in total. The monoisotopic (exact) mass is 873 g/mol. The molecule has 0 bridgehead atoms. The van der Waals surface area contributed by atoms with Gasteiger partial charge in [-0.25, -0.2) is 0 Å². The van der Waals surface area contributed by atoms with Crippen molar-refractivity contribution in [2.75, 3.05) is 29.5 Å². The molecule has 0 saturated carbocycles. The zero-order valence-electron chi connectivity index (χ0n) is 35.7. The van der Waals surface area contributed by atoms with Crippen molar-refractivity contribution in [3.63, 3.8) is 0 Å². The van der Waals surface area contributed by atoms with Crippen LogP contribution >= 0.6 is 25.3 Å². The first kappa shape index (κ1) is 48.0. The third-order valence-electron chi connectivity index (χ3n) is 11.7. The van der Waals surface area contributed by atoms with Gasteiger partial charge in [0.1, 0.15) is 12.3 Å². The van der Waals surface area contributed by atoms with Gasteiger partial charge in [-0.05, 0) is 104 Å². The Hall–Kier alpha value is -2.68. The SMILES string of the molecule is CC(C)C(=O)CCCCCC1(C)\C(=C/C=C/C=C/C2=[N+](CCCS)c3ccc(S(=O)(=O)O)cc3C2(C)C)N(CC(C)(C)CC(C)(C)CS)c2ccc(S(=O)(=O)O)cc21. The molecule has 2 aliphatic rings. The fourth-order valence-electron chi connectivity index (χ4n) is 8.85. The maximum Gasteiger partial charge on any atom is 0.294 e. The molecule has 0 fully saturated rings. The molecule has 0 spiro atoms. The summed E-state index contributed by atoms with van der Waals surface area (Å²) in [7, 11) is -8.84. The summed E-state index contributed by atoms with van der Waals surface area (Å²) in [6, 6.07) is 9.65. The number of ketones is 1. The van der Waals surface area contributed by atoms with Crippen LogP contribution in [-0.2, 0) is 35.9 Å². The van der Waals surface area contributed by atoms with E-state index >= 15 is 0 Å². The van der Waals surface area contributed by atoms with Gasteiger partial charge in [-0.15, -0.1) is 0 Å². The molecule has 0 saturated heterocycles. The molecule has 2 aliphatic heterocycles. The molecule has 0 amide bonds. The number of hydrogen-bond donors (Lipinski definition) is 4. The Morgan fingerprint density at radius 1 is 0.845 bits per heavy atom. The predicted molar refractivity (Wildman–Crippen MR) is 244 cm³/mol. The van der Waals surface area contributed by atoms with Crippen molar-refractivity contribution in [2.45, 2.75) is 128 Å². The van der Waals surface area contributed by atoms with E-state index in [1.807, 2.05) is 58.1 Å². The number of Topliss-reactive ketones (excluding diaryl/α,β-unsaturated/α-hetero) is 1. The zero-order chi connectivity index (χ0) is 43.5. The molecule has 2 aromatic carbocycles. The number of unbranched alkanes of at least 4 members (excludes halogenated alkanes) is 2. The molecule has 320 valence electrons. The van der Waals surface area contributed by atoms with E-state index < -0.39 is 31.1 Å². The maximum absolute atomic E-state index is 12.5. The third-order valence-corrected chi connectivity index (χ3v) is 14.5. The minimum atomic E-state index is -4.46. The second-order valence-corrected chi connectivity index (χ2v) is 22.2. The Labute approximate surface area is 359 Å². The van der Waals surface area contributed by atoms with E-state index in [2.05, 4.69) is 75.4 Å². The van der Waals surface area contributed by atoms with Crippen molar-refractivity contribution in [3.8, 4) is 0 Å². The van der Waals surface area contributed by atoms with Crippen LogP contribution in [0.25, 0.3) is 0 Å². The fourth-order valence-corrected chi connectivity index (χ4v) is 10.1. The number of thiol groups is 2. The summed E-state index contributed by atoms with van der Waals surface area (Å²) in [4.78, 5) is 14.4. The molecule has 0 aromatic heterocycles. The minimum Gasteiger partial charge on any atom is -0.343 e. The predicted octanol–water partition coefficient (Wildman–Crippen LogP) is 10.2. The molecule has 4 rings (SSSR count). The van der Waals surface area contributed by atoms with Crippen LogP contribution in [0.4, 0.5) is 11.4 Å². The highest BCUT2D eigenvalue weighted by Crippen LogP contribution is 2.53. The van der Waals surface area contributed by atoms with E-state index in [1.165, 1.54) is 12.1 Å². The van der Waals surface area contributed by atoms with Crippen LogP contribution in [0.5, 0.6) is 0 Å². The molecule has 13 heteroatoms. The summed E-state index contributed by atoms with van der Waals surface area (Å²) in [5.74, 6) is 1.67. The second-order valence-electron chi connectivity index (χ2n) is 18.6. The lowest BCUT2D eigenvalue weighted by Crippen LogP contribution is -2.38. The third kappa shape index (κ3) is 11.2. The number of carbonyl (C=O) groups excluding carboxylic acids is 1. The summed E-state index contributed by atoms with van der Waals surface area (Å²) in [6.45, 7) is 20.3. The molecule has 1 atom stereocenters. The zero-order valence-corrected chi connectivity index (χ0v) is 39.2. The highest BCUT2D eigenvalue weighted by molar-refractivity contribution is 7.86. The lowest BCUT2D eigenvalue weighted by molar-refractivity contribution is -0.437. The number of anilines is 1. The highest BCUT2D eigenvalue weighted by Gasteiger charge is 2.46. The van der Waals surface area contributed by atoms with Crippen molar-refractivity contribution < 1.29 is 35.3 Å². The van der Waals surface area contributed by atoms with Gasteiger partial charge in [-0.2, -0.15) is 46.7 Å². The maximum atomic E-state index is 12.5. The van der Waals surface area contributed by atoms with Gasteiger partial charge in [-0.3, -0.25) is 13.9 Å². The summed E-state index contributed by atoms with van der Waals surface area (Å²) in [5, 5.41) is 0. The van der Waals surface area contributed by atoms with Crippen molar-refractivity contribution in [2.24, 2.45) is 16.7 Å². The first-order chi connectivity index (χ1) is 26.8. The first-order valence-electron chi connectivity index (χ1n) is 20.3. The highest BCUT2D eigenvalue weighted by atomic mass is 32.2. The molecule has 2 heterocycles. The van der Waals surface area contributed by atoms with Gasteiger partial charge in [0.05, 0.1) is 15.2 Å². The van der Waals surface area contributed by atoms with Crippen LogP contribution in [0.2, 0.25) is 0 Å². The smallest absolute Gasteiger partial charge is 0.294 e. The van der Waals surface area contributed by atoms with Gasteiger partial charge in [0.15, 0.2) is 5.71 Å². The number of rotatable bonds is 20. The van der Waals surface area contributed by atoms with Crippen molar-refractivity contribution in [1.29, 1.82) is 0 Å². The lowest BCUT2D eigenvalue weighted by Gasteiger charge is -2.39. The van der Waals surface area contributed by atoms with E-state index in [9.17, 15) is 30.7 Å². The van der Waals surface area contributed by atoms with Crippen molar-refractivity contribution in [3.05, 3.63) is 83.6 Å². The number of nitrogens with zero attached hydrogens (tertiary/aromatic N) is 2. The summed E-state index contributed by atoms with van der Waals surface area (Å²) < 4.78 is 71.2. The van der Waals surface area contributed by atoms with Crippen LogP contribution in [0.1, 0.15) is 118 Å². The van der Waals surface area contributed by atoms with Crippen molar-refractivity contribution >= 4 is 68.4 Å². The molecular formula is C45H65N2O7S4+. The van der Waals surface area contributed by atoms with Gasteiger partial charge in [0.25, 0.3) is 20.2 Å². The van der Waals surface area contributed by atoms with Crippen LogP contribution in [0, 0.1) is 16.7 Å². The lowest BCUT2D eigenvalue weighted by atomic mass is 9.75. The van der Waals surface area contributed by atoms with E-state index in [0.717, 1.165) is 71.8 Å². The Balaban J connectivity index is 1.80. The Morgan fingerprint density at radius 3 is 2.05 bits per heavy atom. The van der Waals surface area contributed by atoms with Crippen LogP contribution in [0.3, 0.4) is 0 Å². The largest absolute Gasteiger partial charge is 0.343 e. The van der Waals surface area contributed by atoms with Crippen LogP contribution < -0.4 is 4.90 Å². The first-order valence-corrected chi connectivity index (χ1v) is 24.4. The standard InChI is InChI=1S/C45H64N2O7S4/c1-32(2)39(48)17-12-11-15-24-45(9)36-28-34(58(52,53)54)21-23-38(36)47(30-42(3,4)29-43(5,6)31-56)41(45)19-14-10-13-18-40-44(7,8)35-27-33(57(49,50)51)20-22-37(35)46(40)25-16-26-55/h10,13-14,18-23,27-28,32H,11-12,15-17,24-26,29-31H2,1-9H3,(H3-,49,50,51,52,53,54,55,56)/p+1. The quantitative estimate of drug-likeness (QED) is 0.0340. The van der Waals surface area contributed by atoms with Crippen LogP contribution in [0.15, 0.2) is 82.3 Å². The summed E-state index contributed by atoms with van der Waals surface area (Å²) in [5.41, 5.74) is 4.09. The Morgan fingerprint density at radius 2 is 1.47 bits per heavy atom. The van der Waals surface area contributed by atoms with Gasteiger partial charge >= 0.3 is 0 Å². The number of benzene rings is 2. The molecule has 9 nitrogen and oxygen atoms in total. The summed E-state index contributed by atoms with van der Waals surface area (Å²) in [6.07, 6.45) is 15.5. The summed E-state index contributed by atoms with van der Waals surface area (Å²) >= 11 is 9.09. The van der Waals surface area contributed by atoms with Crippen molar-refractivity contribution in [1.82, 2.24) is 0 Å². The number of hydrogen-bond acceptors (Lipinski definition) is 8.